The lowest BCUT2D eigenvalue weighted by atomic mass is 10.1. The number of aliphatic hydroxyl groups excluding tert-OH is 1. The Morgan fingerprint density at radius 3 is 2.64 bits per heavy atom. The molecular weight excluding hydrogens is 192 g/mol. The van der Waals surface area contributed by atoms with E-state index < -0.39 is 0 Å². The van der Waals surface area contributed by atoms with Crippen LogP contribution in [-0.2, 0) is 0 Å². The van der Waals surface area contributed by atoms with Crippen LogP contribution in [0.3, 0.4) is 0 Å². The molecule has 0 aromatic heterocycles. The van der Waals surface area contributed by atoms with Gasteiger partial charge in [-0.2, -0.15) is 0 Å². The fourth-order valence-electron chi connectivity index (χ4n) is 1.93. The lowest BCUT2D eigenvalue weighted by Gasteiger charge is -2.13. The standard InChI is InChI=1S/C12H16OS/c13-12-8-4-5-10(12)9-14-11-6-2-1-3-7-11/h1-3,6-7,10,12-13H,4-5,8-9H2/t10-,12+/m0/s1. The quantitative estimate of drug-likeness (QED) is 0.771. The summed E-state index contributed by atoms with van der Waals surface area (Å²) in [6.07, 6.45) is 3.34. The summed E-state index contributed by atoms with van der Waals surface area (Å²) in [6, 6.07) is 10.4. The molecule has 0 saturated heterocycles. The predicted octanol–water partition coefficient (Wildman–Crippen LogP) is 2.94. The number of rotatable bonds is 3. The number of hydrogen-bond donors (Lipinski definition) is 1. The van der Waals surface area contributed by atoms with Crippen molar-refractivity contribution in [2.24, 2.45) is 5.92 Å². The van der Waals surface area contributed by atoms with Crippen LogP contribution >= 0.6 is 11.8 Å². The van der Waals surface area contributed by atoms with E-state index in [-0.39, 0.29) is 6.10 Å². The summed E-state index contributed by atoms with van der Waals surface area (Å²) in [5, 5.41) is 9.65. The third-order valence-electron chi connectivity index (χ3n) is 2.83. The maximum absolute atomic E-state index is 9.65. The fourth-order valence-corrected chi connectivity index (χ4v) is 3.08. The van der Waals surface area contributed by atoms with Gasteiger partial charge in [-0.1, -0.05) is 24.6 Å². The Morgan fingerprint density at radius 1 is 1.21 bits per heavy atom. The Bertz CT molecular complexity index is 273. The topological polar surface area (TPSA) is 20.2 Å². The van der Waals surface area contributed by atoms with Crippen molar-refractivity contribution < 1.29 is 5.11 Å². The summed E-state index contributed by atoms with van der Waals surface area (Å²) < 4.78 is 0. The molecule has 1 aliphatic carbocycles. The first-order valence-electron chi connectivity index (χ1n) is 5.22. The minimum Gasteiger partial charge on any atom is -0.393 e. The lowest BCUT2D eigenvalue weighted by molar-refractivity contribution is 0.143. The van der Waals surface area contributed by atoms with Gasteiger partial charge in [0.05, 0.1) is 6.10 Å². The molecule has 0 radical (unpaired) electrons. The van der Waals surface area contributed by atoms with E-state index in [4.69, 9.17) is 0 Å². The van der Waals surface area contributed by atoms with Crippen LogP contribution in [-0.4, -0.2) is 17.0 Å². The van der Waals surface area contributed by atoms with Crippen molar-refractivity contribution in [3.63, 3.8) is 0 Å². The molecule has 0 heterocycles. The van der Waals surface area contributed by atoms with Crippen LogP contribution < -0.4 is 0 Å². The smallest absolute Gasteiger partial charge is 0.0576 e. The second kappa shape index (κ2) is 4.85. The van der Waals surface area contributed by atoms with Crippen LogP contribution in [0.2, 0.25) is 0 Å². The Kier molecular flexibility index (Phi) is 3.49. The second-order valence-electron chi connectivity index (χ2n) is 3.88. The fraction of sp³-hybridized carbons (Fsp3) is 0.500. The first kappa shape index (κ1) is 10.1. The molecule has 0 bridgehead atoms. The summed E-state index contributed by atoms with van der Waals surface area (Å²) >= 11 is 1.86. The molecular formula is C12H16OS. The first-order chi connectivity index (χ1) is 6.86. The van der Waals surface area contributed by atoms with Gasteiger partial charge in [0.2, 0.25) is 0 Å². The molecule has 0 aliphatic heterocycles. The molecule has 1 aliphatic rings. The van der Waals surface area contributed by atoms with Crippen LogP contribution in [0.15, 0.2) is 35.2 Å². The van der Waals surface area contributed by atoms with Crippen molar-refractivity contribution in [3.8, 4) is 0 Å². The SMILES string of the molecule is O[C@@H]1CCC[C@H]1CSc1ccccc1. The van der Waals surface area contributed by atoms with Crippen molar-refractivity contribution in [1.29, 1.82) is 0 Å². The maximum Gasteiger partial charge on any atom is 0.0576 e. The monoisotopic (exact) mass is 208 g/mol. The minimum absolute atomic E-state index is 0.0498. The van der Waals surface area contributed by atoms with Crippen molar-refractivity contribution in [3.05, 3.63) is 30.3 Å². The zero-order valence-corrected chi connectivity index (χ0v) is 9.04. The molecule has 76 valence electrons. The molecule has 1 nitrogen and oxygen atoms in total. The molecule has 14 heavy (non-hydrogen) atoms. The van der Waals surface area contributed by atoms with E-state index in [1.54, 1.807) is 0 Å². The average molecular weight is 208 g/mol. The molecule has 2 rings (SSSR count). The highest BCUT2D eigenvalue weighted by Gasteiger charge is 2.24. The van der Waals surface area contributed by atoms with Crippen LogP contribution in [0.4, 0.5) is 0 Å². The van der Waals surface area contributed by atoms with Crippen molar-refractivity contribution >= 4 is 11.8 Å². The summed E-state index contributed by atoms with van der Waals surface area (Å²) in [4.78, 5) is 1.31. The maximum atomic E-state index is 9.65. The molecule has 1 saturated carbocycles. The molecule has 1 aromatic carbocycles. The summed E-state index contributed by atoms with van der Waals surface area (Å²) in [5.41, 5.74) is 0. The zero-order valence-electron chi connectivity index (χ0n) is 8.23. The van der Waals surface area contributed by atoms with Gasteiger partial charge in [-0.15, -0.1) is 11.8 Å². The van der Waals surface area contributed by atoms with Gasteiger partial charge in [0.15, 0.2) is 0 Å². The largest absolute Gasteiger partial charge is 0.393 e. The molecule has 0 spiro atoms. The molecule has 1 aromatic rings. The second-order valence-corrected chi connectivity index (χ2v) is 4.98. The van der Waals surface area contributed by atoms with Gasteiger partial charge in [0.1, 0.15) is 0 Å². The third kappa shape index (κ3) is 2.52. The summed E-state index contributed by atoms with van der Waals surface area (Å²) in [5.74, 6) is 1.57. The summed E-state index contributed by atoms with van der Waals surface area (Å²) in [6.45, 7) is 0. The van der Waals surface area contributed by atoms with Crippen LogP contribution in [0.1, 0.15) is 19.3 Å². The highest BCUT2D eigenvalue weighted by Crippen LogP contribution is 2.31. The number of benzene rings is 1. The number of thioether (sulfide) groups is 1. The Hall–Kier alpha value is -0.470. The molecule has 0 unspecified atom stereocenters. The van der Waals surface area contributed by atoms with Crippen LogP contribution in [0, 0.1) is 5.92 Å². The van der Waals surface area contributed by atoms with E-state index in [1.807, 2.05) is 17.8 Å². The van der Waals surface area contributed by atoms with E-state index in [0.717, 1.165) is 12.2 Å². The van der Waals surface area contributed by atoms with Crippen molar-refractivity contribution in [2.45, 2.75) is 30.3 Å². The number of aliphatic hydroxyl groups is 1. The van der Waals surface area contributed by atoms with E-state index in [0.29, 0.717) is 5.92 Å². The van der Waals surface area contributed by atoms with E-state index in [9.17, 15) is 5.11 Å². The highest BCUT2D eigenvalue weighted by atomic mass is 32.2. The van der Waals surface area contributed by atoms with Gasteiger partial charge in [0, 0.05) is 10.6 Å². The first-order valence-corrected chi connectivity index (χ1v) is 6.21. The number of hydrogen-bond acceptors (Lipinski definition) is 2. The molecule has 1 N–H and O–H groups in total. The normalized spacial score (nSPS) is 26.6. The van der Waals surface area contributed by atoms with E-state index in [1.165, 1.54) is 17.7 Å². The van der Waals surface area contributed by atoms with Crippen LogP contribution in [0.5, 0.6) is 0 Å². The minimum atomic E-state index is -0.0498. The Labute approximate surface area is 89.5 Å². The Balaban J connectivity index is 1.82. The highest BCUT2D eigenvalue weighted by molar-refractivity contribution is 7.99. The van der Waals surface area contributed by atoms with Gasteiger partial charge in [-0.05, 0) is 30.9 Å². The van der Waals surface area contributed by atoms with Gasteiger partial charge >= 0.3 is 0 Å². The third-order valence-corrected chi connectivity index (χ3v) is 4.03. The van der Waals surface area contributed by atoms with Gasteiger partial charge in [-0.25, -0.2) is 0 Å². The van der Waals surface area contributed by atoms with E-state index in [2.05, 4.69) is 24.3 Å². The van der Waals surface area contributed by atoms with E-state index >= 15 is 0 Å². The molecule has 1 fully saturated rings. The molecule has 0 amide bonds. The van der Waals surface area contributed by atoms with Crippen molar-refractivity contribution in [2.75, 3.05) is 5.75 Å². The van der Waals surface area contributed by atoms with Gasteiger partial charge in [0.25, 0.3) is 0 Å². The summed E-state index contributed by atoms with van der Waals surface area (Å²) in [7, 11) is 0. The lowest BCUT2D eigenvalue weighted by Crippen LogP contribution is -2.14. The van der Waals surface area contributed by atoms with Crippen LogP contribution in [0.25, 0.3) is 0 Å². The molecule has 2 heteroatoms. The van der Waals surface area contributed by atoms with Gasteiger partial charge < -0.3 is 5.11 Å². The predicted molar refractivity (Wildman–Crippen MR) is 60.5 cm³/mol. The zero-order chi connectivity index (χ0) is 9.80. The van der Waals surface area contributed by atoms with Crippen molar-refractivity contribution in [1.82, 2.24) is 0 Å². The van der Waals surface area contributed by atoms with Gasteiger partial charge in [-0.3, -0.25) is 0 Å². The Morgan fingerprint density at radius 2 is 2.00 bits per heavy atom. The average Bonchev–Trinajstić information content (AvgIpc) is 2.63. The molecule has 2 atom stereocenters.